The third kappa shape index (κ3) is 4.64. The van der Waals surface area contributed by atoms with Crippen molar-refractivity contribution < 1.29 is 14.4 Å². The van der Waals surface area contributed by atoms with Crippen LogP contribution in [-0.2, 0) is 9.59 Å². The summed E-state index contributed by atoms with van der Waals surface area (Å²) in [5.41, 5.74) is 1.29. The molecule has 0 radical (unpaired) electrons. The number of likely N-dealkylation sites (N-methyl/N-ethyl adjacent to an activating group) is 1. The molecule has 1 N–H and O–H groups in total. The smallest absolute Gasteiger partial charge is 0.239 e. The monoisotopic (exact) mass is 331 g/mol. The van der Waals surface area contributed by atoms with Gasteiger partial charge in [-0.15, -0.1) is 0 Å². The van der Waals surface area contributed by atoms with Crippen LogP contribution >= 0.6 is 0 Å². The van der Waals surface area contributed by atoms with Crippen LogP contribution in [0.4, 0.5) is 5.69 Å². The minimum absolute atomic E-state index is 0.00138. The van der Waals surface area contributed by atoms with E-state index in [-0.39, 0.29) is 23.6 Å². The van der Waals surface area contributed by atoms with Crippen LogP contribution in [0, 0.1) is 0 Å². The number of Topliss-reactive ketones (excluding diaryl/α,β-unsaturated/α-hetero) is 1. The number of ketones is 1. The Bertz CT molecular complexity index is 610. The lowest BCUT2D eigenvalue weighted by atomic mass is 10.1. The number of nitrogens with zero attached hydrogens (tertiary/aromatic N) is 2. The van der Waals surface area contributed by atoms with Crippen LogP contribution in [0.25, 0.3) is 0 Å². The van der Waals surface area contributed by atoms with Gasteiger partial charge in [0.25, 0.3) is 0 Å². The van der Waals surface area contributed by atoms with E-state index < -0.39 is 0 Å². The molecule has 6 heteroatoms. The topological polar surface area (TPSA) is 69.7 Å². The molecule has 1 unspecified atom stereocenters. The number of likely N-dealkylation sites (tertiary alicyclic amines) is 1. The van der Waals surface area contributed by atoms with Gasteiger partial charge in [-0.2, -0.15) is 0 Å². The lowest BCUT2D eigenvalue weighted by Gasteiger charge is -2.25. The van der Waals surface area contributed by atoms with Gasteiger partial charge in [-0.3, -0.25) is 19.3 Å². The van der Waals surface area contributed by atoms with Crippen LogP contribution in [0.5, 0.6) is 0 Å². The molecule has 2 amide bonds. The van der Waals surface area contributed by atoms with Gasteiger partial charge in [0.05, 0.1) is 6.04 Å². The summed E-state index contributed by atoms with van der Waals surface area (Å²) < 4.78 is 0. The summed E-state index contributed by atoms with van der Waals surface area (Å²) in [6.07, 6.45) is 2.18. The molecule has 24 heavy (non-hydrogen) atoms. The molecule has 1 saturated heterocycles. The molecular formula is C18H25N3O3. The standard InChI is InChI=1S/C18H25N3O3/c1-13(22)14-6-8-15(9-7-14)19-17(23)10-12-21-11-4-5-16(21)18(24)20(2)3/h6-9,16H,4-5,10-12H2,1-3H3,(H,19,23). The highest BCUT2D eigenvalue weighted by atomic mass is 16.2. The van der Waals surface area contributed by atoms with E-state index in [1.165, 1.54) is 6.92 Å². The van der Waals surface area contributed by atoms with Crippen LogP contribution in [0.1, 0.15) is 36.5 Å². The minimum Gasteiger partial charge on any atom is -0.347 e. The van der Waals surface area contributed by atoms with Gasteiger partial charge in [-0.25, -0.2) is 0 Å². The molecule has 0 saturated carbocycles. The average Bonchev–Trinajstić information content (AvgIpc) is 3.01. The number of benzene rings is 1. The van der Waals surface area contributed by atoms with E-state index in [1.807, 2.05) is 0 Å². The van der Waals surface area contributed by atoms with E-state index in [4.69, 9.17) is 0 Å². The Kier molecular flexibility index (Phi) is 6.09. The Morgan fingerprint density at radius 1 is 1.21 bits per heavy atom. The molecule has 0 aromatic heterocycles. The third-order valence-corrected chi connectivity index (χ3v) is 4.29. The van der Waals surface area contributed by atoms with Gasteiger partial charge >= 0.3 is 0 Å². The number of anilines is 1. The normalized spacial score (nSPS) is 17.5. The van der Waals surface area contributed by atoms with E-state index in [2.05, 4.69) is 10.2 Å². The second-order valence-corrected chi connectivity index (χ2v) is 6.36. The zero-order valence-corrected chi connectivity index (χ0v) is 14.5. The van der Waals surface area contributed by atoms with Crippen molar-refractivity contribution in [3.8, 4) is 0 Å². The Morgan fingerprint density at radius 3 is 2.46 bits per heavy atom. The maximum absolute atomic E-state index is 12.1. The van der Waals surface area contributed by atoms with Gasteiger partial charge in [0, 0.05) is 38.3 Å². The van der Waals surface area contributed by atoms with Gasteiger partial charge in [0.2, 0.25) is 11.8 Å². The molecule has 1 fully saturated rings. The minimum atomic E-state index is -0.109. The molecule has 0 spiro atoms. The zero-order chi connectivity index (χ0) is 17.7. The number of amides is 2. The molecule has 1 aromatic carbocycles. The molecule has 0 aliphatic carbocycles. The highest BCUT2D eigenvalue weighted by Crippen LogP contribution is 2.19. The van der Waals surface area contributed by atoms with E-state index in [0.717, 1.165) is 19.4 Å². The van der Waals surface area contributed by atoms with Gasteiger partial charge in [-0.1, -0.05) is 0 Å². The molecule has 0 bridgehead atoms. The van der Waals surface area contributed by atoms with Crippen molar-refractivity contribution in [3.05, 3.63) is 29.8 Å². The summed E-state index contributed by atoms with van der Waals surface area (Å²) in [5.74, 6) is 0.0137. The first kappa shape index (κ1) is 18.1. The molecule has 1 aliphatic heterocycles. The van der Waals surface area contributed by atoms with E-state index in [9.17, 15) is 14.4 Å². The lowest BCUT2D eigenvalue weighted by molar-refractivity contribution is -0.133. The first-order chi connectivity index (χ1) is 11.4. The van der Waals surface area contributed by atoms with Crippen LogP contribution in [0.3, 0.4) is 0 Å². The van der Waals surface area contributed by atoms with Crippen molar-refractivity contribution in [1.82, 2.24) is 9.80 Å². The summed E-state index contributed by atoms with van der Waals surface area (Å²) >= 11 is 0. The second-order valence-electron chi connectivity index (χ2n) is 6.36. The molecule has 1 aromatic rings. The maximum atomic E-state index is 12.1. The fourth-order valence-corrected chi connectivity index (χ4v) is 2.93. The Hall–Kier alpha value is -2.21. The zero-order valence-electron chi connectivity index (χ0n) is 14.5. The maximum Gasteiger partial charge on any atom is 0.239 e. The van der Waals surface area contributed by atoms with Gasteiger partial charge in [0.1, 0.15) is 0 Å². The molecule has 1 aliphatic rings. The summed E-state index contributed by atoms with van der Waals surface area (Å²) in [6.45, 7) is 2.93. The first-order valence-electron chi connectivity index (χ1n) is 8.24. The number of carbonyl (C=O) groups is 3. The fraction of sp³-hybridized carbons (Fsp3) is 0.500. The summed E-state index contributed by atoms with van der Waals surface area (Å²) in [5, 5.41) is 2.83. The largest absolute Gasteiger partial charge is 0.347 e. The lowest BCUT2D eigenvalue weighted by Crippen LogP contribution is -2.43. The molecule has 6 nitrogen and oxygen atoms in total. The average molecular weight is 331 g/mol. The van der Waals surface area contributed by atoms with Crippen LogP contribution in [0.15, 0.2) is 24.3 Å². The quantitative estimate of drug-likeness (QED) is 0.807. The Morgan fingerprint density at radius 2 is 1.88 bits per heavy atom. The van der Waals surface area contributed by atoms with E-state index in [1.54, 1.807) is 43.3 Å². The second kappa shape index (κ2) is 8.06. The number of hydrogen-bond acceptors (Lipinski definition) is 4. The summed E-state index contributed by atoms with van der Waals surface area (Å²) in [7, 11) is 3.52. The highest BCUT2D eigenvalue weighted by Gasteiger charge is 2.31. The van der Waals surface area contributed by atoms with Gasteiger partial charge in [0.15, 0.2) is 5.78 Å². The molecule has 130 valence electrons. The number of carbonyl (C=O) groups excluding carboxylic acids is 3. The van der Waals surface area contributed by atoms with Crippen LogP contribution in [-0.4, -0.2) is 60.6 Å². The molecule has 1 atom stereocenters. The van der Waals surface area contributed by atoms with Crippen molar-refractivity contribution in [2.24, 2.45) is 0 Å². The van der Waals surface area contributed by atoms with Crippen molar-refractivity contribution in [2.45, 2.75) is 32.2 Å². The molecular weight excluding hydrogens is 306 g/mol. The summed E-state index contributed by atoms with van der Waals surface area (Å²) in [6, 6.07) is 6.74. The Labute approximate surface area is 142 Å². The third-order valence-electron chi connectivity index (χ3n) is 4.29. The van der Waals surface area contributed by atoms with Crippen LogP contribution < -0.4 is 5.32 Å². The van der Waals surface area contributed by atoms with E-state index in [0.29, 0.717) is 24.2 Å². The molecule has 1 heterocycles. The number of hydrogen-bond donors (Lipinski definition) is 1. The highest BCUT2D eigenvalue weighted by molar-refractivity contribution is 5.95. The van der Waals surface area contributed by atoms with E-state index >= 15 is 0 Å². The molecule has 2 rings (SSSR count). The van der Waals surface area contributed by atoms with Crippen molar-refractivity contribution in [3.63, 3.8) is 0 Å². The summed E-state index contributed by atoms with van der Waals surface area (Å²) in [4.78, 5) is 39.2. The predicted octanol–water partition coefficient (Wildman–Crippen LogP) is 1.77. The van der Waals surface area contributed by atoms with Crippen molar-refractivity contribution in [1.29, 1.82) is 0 Å². The van der Waals surface area contributed by atoms with Gasteiger partial charge < -0.3 is 10.2 Å². The first-order valence-corrected chi connectivity index (χ1v) is 8.24. The van der Waals surface area contributed by atoms with Crippen LogP contribution in [0.2, 0.25) is 0 Å². The fourth-order valence-electron chi connectivity index (χ4n) is 2.93. The Balaban J connectivity index is 1.84. The predicted molar refractivity (Wildman–Crippen MR) is 93.0 cm³/mol. The van der Waals surface area contributed by atoms with Crippen molar-refractivity contribution in [2.75, 3.05) is 32.5 Å². The SMILES string of the molecule is CC(=O)c1ccc(NC(=O)CCN2CCCC2C(=O)N(C)C)cc1. The van der Waals surface area contributed by atoms with Crippen molar-refractivity contribution >= 4 is 23.3 Å². The number of rotatable bonds is 6. The van der Waals surface area contributed by atoms with Gasteiger partial charge in [-0.05, 0) is 50.6 Å². The number of nitrogens with one attached hydrogen (secondary N) is 1.